The molecule has 0 aromatic heterocycles. The quantitative estimate of drug-likeness (QED) is 0.657. The number of carbonyl (C=O) groups is 2. The second kappa shape index (κ2) is 4.94. The van der Waals surface area contributed by atoms with E-state index in [-0.39, 0.29) is 0 Å². The van der Waals surface area contributed by atoms with E-state index in [4.69, 9.17) is 0 Å². The first kappa shape index (κ1) is 13.8. The van der Waals surface area contributed by atoms with Crippen LogP contribution < -0.4 is 5.32 Å². The van der Waals surface area contributed by atoms with Gasteiger partial charge >= 0.3 is 5.97 Å². The number of halogens is 2. The second-order valence-corrected chi connectivity index (χ2v) is 5.81. The predicted octanol–water partition coefficient (Wildman–Crippen LogP) is -0.904. The third-order valence-electron chi connectivity index (χ3n) is 2.35. The zero-order chi connectivity index (χ0) is 13.2. The summed E-state index contributed by atoms with van der Waals surface area (Å²) in [5.41, 5.74) is 0. The molecule has 17 heavy (non-hydrogen) atoms. The molecule has 98 valence electrons. The van der Waals surface area contributed by atoms with Gasteiger partial charge in [-0.1, -0.05) is 0 Å². The first-order chi connectivity index (χ1) is 7.77. The number of hydrogen-bond donors (Lipinski definition) is 1. The topological polar surface area (TPSA) is 89.5 Å². The average Bonchev–Trinajstić information content (AvgIpc) is 2.33. The lowest BCUT2D eigenvalue weighted by molar-refractivity contribution is -0.144. The van der Waals surface area contributed by atoms with E-state index in [9.17, 15) is 26.8 Å². The Labute approximate surface area is 96.2 Å². The van der Waals surface area contributed by atoms with Gasteiger partial charge in [-0.05, 0) is 0 Å². The first-order valence-corrected chi connectivity index (χ1v) is 6.36. The van der Waals surface area contributed by atoms with Crippen LogP contribution in [0.3, 0.4) is 0 Å². The number of amides is 1. The zero-order valence-corrected chi connectivity index (χ0v) is 9.67. The lowest BCUT2D eigenvalue weighted by Gasteiger charge is -2.13. The summed E-state index contributed by atoms with van der Waals surface area (Å²) in [5, 5.41) is -0.0280. The number of nitrogens with one attached hydrogen (secondary N) is 1. The molecule has 0 unspecified atom stereocenters. The van der Waals surface area contributed by atoms with Gasteiger partial charge in [0, 0.05) is 6.42 Å². The minimum Gasteiger partial charge on any atom is -0.467 e. The highest BCUT2D eigenvalue weighted by atomic mass is 32.2. The Hall–Kier alpha value is -1.25. The van der Waals surface area contributed by atoms with Crippen LogP contribution in [0.2, 0.25) is 0 Å². The van der Waals surface area contributed by atoms with Gasteiger partial charge in [-0.15, -0.1) is 0 Å². The number of hydrogen-bond acceptors (Lipinski definition) is 5. The average molecular weight is 271 g/mol. The highest BCUT2D eigenvalue weighted by molar-refractivity contribution is 7.92. The van der Waals surface area contributed by atoms with Crippen LogP contribution in [-0.2, 0) is 24.2 Å². The molecule has 0 saturated carbocycles. The van der Waals surface area contributed by atoms with Crippen LogP contribution in [0.4, 0.5) is 8.78 Å². The molecule has 1 aliphatic rings. The summed E-state index contributed by atoms with van der Waals surface area (Å²) in [7, 11) is -3.22. The molecule has 1 N–H and O–H groups in total. The van der Waals surface area contributed by atoms with Crippen molar-refractivity contribution in [1.29, 1.82) is 0 Å². The maximum Gasteiger partial charge on any atom is 0.329 e. The Balaban J connectivity index is 3.03. The van der Waals surface area contributed by atoms with Gasteiger partial charge in [-0.3, -0.25) is 4.79 Å². The maximum atomic E-state index is 12.5. The Bertz CT molecular complexity index is 422. The highest BCUT2D eigenvalue weighted by Crippen LogP contribution is 2.20. The summed E-state index contributed by atoms with van der Waals surface area (Å²) < 4.78 is 52.4. The third-order valence-corrected chi connectivity index (χ3v) is 4.44. The smallest absolute Gasteiger partial charge is 0.329 e. The summed E-state index contributed by atoms with van der Waals surface area (Å²) >= 11 is 0. The summed E-state index contributed by atoms with van der Waals surface area (Å²) in [4.78, 5) is 22.3. The Morgan fingerprint density at radius 2 is 2.12 bits per heavy atom. The molecule has 6 nitrogen and oxygen atoms in total. The van der Waals surface area contributed by atoms with E-state index in [1.165, 1.54) is 0 Å². The fraction of sp³-hybridized carbons (Fsp3) is 0.750. The number of alkyl halides is 2. The van der Waals surface area contributed by atoms with E-state index in [1.54, 1.807) is 0 Å². The van der Waals surface area contributed by atoms with Gasteiger partial charge in [0.1, 0.15) is 11.3 Å². The van der Waals surface area contributed by atoms with Gasteiger partial charge in [-0.2, -0.15) is 0 Å². The van der Waals surface area contributed by atoms with E-state index >= 15 is 0 Å². The largest absolute Gasteiger partial charge is 0.467 e. The molecule has 0 spiro atoms. The van der Waals surface area contributed by atoms with Crippen LogP contribution in [0.25, 0.3) is 0 Å². The van der Waals surface area contributed by atoms with Crippen LogP contribution in [0.5, 0.6) is 0 Å². The molecule has 1 aliphatic heterocycles. The number of ether oxygens (including phenoxy) is 1. The number of carbonyl (C=O) groups excluding carboxylic acids is 2. The molecular formula is C8H11F2NO5S. The fourth-order valence-electron chi connectivity index (χ4n) is 1.48. The van der Waals surface area contributed by atoms with Crippen molar-refractivity contribution in [3.8, 4) is 0 Å². The number of esters is 1. The minimum atomic E-state index is -4.23. The van der Waals surface area contributed by atoms with Gasteiger partial charge in [0.15, 0.2) is 9.84 Å². The van der Waals surface area contributed by atoms with Crippen molar-refractivity contribution >= 4 is 21.7 Å². The molecule has 1 heterocycles. The Morgan fingerprint density at radius 3 is 2.59 bits per heavy atom. The van der Waals surface area contributed by atoms with Crippen molar-refractivity contribution in [2.45, 2.75) is 24.1 Å². The van der Waals surface area contributed by atoms with E-state index in [1.807, 2.05) is 5.32 Å². The van der Waals surface area contributed by atoms with Crippen LogP contribution >= 0.6 is 0 Å². The molecule has 0 radical (unpaired) electrons. The number of methoxy groups -OCH3 is 1. The van der Waals surface area contributed by atoms with Crippen molar-refractivity contribution in [1.82, 2.24) is 5.32 Å². The monoisotopic (exact) mass is 271 g/mol. The van der Waals surface area contributed by atoms with Gasteiger partial charge in [0.25, 0.3) is 6.43 Å². The lowest BCUT2D eigenvalue weighted by Crippen LogP contribution is -2.43. The highest BCUT2D eigenvalue weighted by Gasteiger charge is 2.42. The molecule has 0 aliphatic carbocycles. The molecule has 1 amide bonds. The van der Waals surface area contributed by atoms with Gasteiger partial charge in [0.05, 0.1) is 12.9 Å². The molecule has 9 heteroatoms. The van der Waals surface area contributed by atoms with E-state index in [0.29, 0.717) is 0 Å². The molecule has 0 aromatic carbocycles. The predicted molar refractivity (Wildman–Crippen MR) is 52.1 cm³/mol. The van der Waals surface area contributed by atoms with Crippen LogP contribution in [-0.4, -0.2) is 50.9 Å². The van der Waals surface area contributed by atoms with Crippen LogP contribution in [0.15, 0.2) is 0 Å². The van der Waals surface area contributed by atoms with Crippen LogP contribution in [0.1, 0.15) is 6.42 Å². The summed E-state index contributed by atoms with van der Waals surface area (Å²) in [6.45, 7) is 0. The SMILES string of the molecule is COC(=O)[C@@H]1CS(=O)(=O)[C@H](C(F)F)CC(=O)N1. The van der Waals surface area contributed by atoms with Crippen molar-refractivity contribution in [2.24, 2.45) is 0 Å². The van der Waals surface area contributed by atoms with Gasteiger partial charge in [0.2, 0.25) is 5.91 Å². The van der Waals surface area contributed by atoms with Crippen molar-refractivity contribution < 1.29 is 31.5 Å². The molecule has 0 bridgehead atoms. The van der Waals surface area contributed by atoms with Crippen molar-refractivity contribution in [3.05, 3.63) is 0 Å². The normalized spacial score (nSPS) is 28.4. The fourth-order valence-corrected chi connectivity index (χ4v) is 3.13. The molecule has 1 rings (SSSR count). The maximum absolute atomic E-state index is 12.5. The van der Waals surface area contributed by atoms with Gasteiger partial charge in [-0.25, -0.2) is 22.0 Å². The van der Waals surface area contributed by atoms with Crippen LogP contribution in [0, 0.1) is 0 Å². The minimum absolute atomic E-state index is 0.854. The van der Waals surface area contributed by atoms with Crippen molar-refractivity contribution in [3.63, 3.8) is 0 Å². The molecule has 1 fully saturated rings. The zero-order valence-electron chi connectivity index (χ0n) is 8.85. The molecule has 2 atom stereocenters. The first-order valence-electron chi connectivity index (χ1n) is 4.65. The van der Waals surface area contributed by atoms with E-state index < -0.39 is 51.6 Å². The standard InChI is InChI=1S/C8H11F2NO5S/c1-16-8(13)4-3-17(14,15)5(7(9)10)2-6(12)11-4/h4-5,7H,2-3H2,1H3,(H,11,12)/t4-,5-/m0/s1. The summed E-state index contributed by atoms with van der Waals surface area (Å²) in [6, 6.07) is -1.43. The lowest BCUT2D eigenvalue weighted by atomic mass is 10.2. The number of sulfone groups is 1. The van der Waals surface area contributed by atoms with Crippen molar-refractivity contribution in [2.75, 3.05) is 12.9 Å². The second-order valence-electron chi connectivity index (χ2n) is 3.55. The molecular weight excluding hydrogens is 260 g/mol. The molecule has 1 saturated heterocycles. The number of rotatable bonds is 2. The van der Waals surface area contributed by atoms with E-state index in [0.717, 1.165) is 7.11 Å². The summed E-state index contributed by atoms with van der Waals surface area (Å²) in [5.74, 6) is -2.76. The Morgan fingerprint density at radius 1 is 1.53 bits per heavy atom. The molecule has 0 aromatic rings. The van der Waals surface area contributed by atoms with E-state index in [2.05, 4.69) is 4.74 Å². The van der Waals surface area contributed by atoms with Gasteiger partial charge < -0.3 is 10.1 Å². The third kappa shape index (κ3) is 3.11. The Kier molecular flexibility index (Phi) is 4.02. The summed E-state index contributed by atoms with van der Waals surface area (Å²) in [6.07, 6.45) is -4.02.